The van der Waals surface area contributed by atoms with E-state index in [1.807, 2.05) is 30.3 Å². The molecule has 4 aromatic rings. The van der Waals surface area contributed by atoms with Crippen LogP contribution in [0.25, 0.3) is 21.7 Å². The third-order valence-electron chi connectivity index (χ3n) is 4.34. The molecule has 2 heterocycles. The number of carbonyl (C=O) groups is 1. The number of aromatic nitrogens is 2. The third-order valence-corrected chi connectivity index (χ3v) is 4.34. The van der Waals surface area contributed by atoms with Gasteiger partial charge in [0.15, 0.2) is 0 Å². The number of hydrogen-bond acceptors (Lipinski definition) is 4. The molecule has 2 aromatic heterocycles. The van der Waals surface area contributed by atoms with Crippen LogP contribution >= 0.6 is 0 Å². The summed E-state index contributed by atoms with van der Waals surface area (Å²) >= 11 is 0. The minimum atomic E-state index is -0.798. The Balaban J connectivity index is 1.82. The predicted molar refractivity (Wildman–Crippen MR) is 100 cm³/mol. The molecule has 0 radical (unpaired) electrons. The zero-order valence-corrected chi connectivity index (χ0v) is 14.7. The van der Waals surface area contributed by atoms with Crippen LogP contribution < -0.4 is 4.74 Å². The molecule has 0 saturated heterocycles. The Morgan fingerprint density at radius 3 is 2.81 bits per heavy atom. The minimum Gasteiger partial charge on any atom is -0.434 e. The second-order valence-corrected chi connectivity index (χ2v) is 6.04. The molecule has 27 heavy (non-hydrogen) atoms. The van der Waals surface area contributed by atoms with Gasteiger partial charge in [0.25, 0.3) is 0 Å². The van der Waals surface area contributed by atoms with Gasteiger partial charge in [-0.1, -0.05) is 24.3 Å². The van der Waals surface area contributed by atoms with Gasteiger partial charge in [-0.15, -0.1) is 0 Å². The van der Waals surface area contributed by atoms with Gasteiger partial charge in [0.1, 0.15) is 5.82 Å². The molecule has 0 spiro atoms. The zero-order valence-electron chi connectivity index (χ0n) is 14.7. The Bertz CT molecular complexity index is 1130. The van der Waals surface area contributed by atoms with Crippen molar-refractivity contribution in [2.75, 3.05) is 6.61 Å². The molecule has 0 aliphatic rings. The Hall–Kier alpha value is -3.41. The van der Waals surface area contributed by atoms with Gasteiger partial charge in [0, 0.05) is 23.0 Å². The third kappa shape index (κ3) is 3.33. The van der Waals surface area contributed by atoms with Crippen molar-refractivity contribution in [3.8, 4) is 5.88 Å². The number of fused-ring (bicyclic) bond motifs is 2. The molecule has 0 aliphatic carbocycles. The van der Waals surface area contributed by atoms with Crippen LogP contribution in [0.1, 0.15) is 12.6 Å². The molecule has 5 nitrogen and oxygen atoms in total. The van der Waals surface area contributed by atoms with Gasteiger partial charge in [-0.2, -0.15) is 0 Å². The highest BCUT2D eigenvalue weighted by Gasteiger charge is 2.16. The van der Waals surface area contributed by atoms with Gasteiger partial charge in [-0.3, -0.25) is 4.98 Å². The topological polar surface area (TPSA) is 53.4 Å². The quantitative estimate of drug-likeness (QED) is 0.483. The lowest BCUT2D eigenvalue weighted by atomic mass is 10.1. The first kappa shape index (κ1) is 17.0. The number of nitrogens with zero attached hydrogens (tertiary/aromatic N) is 2. The van der Waals surface area contributed by atoms with Gasteiger partial charge >= 0.3 is 6.16 Å². The smallest absolute Gasteiger partial charge is 0.434 e. The Morgan fingerprint density at radius 1 is 1.11 bits per heavy atom. The molecule has 0 atom stereocenters. The van der Waals surface area contributed by atoms with Crippen molar-refractivity contribution in [1.29, 1.82) is 0 Å². The van der Waals surface area contributed by atoms with E-state index in [-0.39, 0.29) is 18.3 Å². The fourth-order valence-electron chi connectivity index (χ4n) is 3.15. The summed E-state index contributed by atoms with van der Waals surface area (Å²) in [7, 11) is 0. The first-order valence-corrected chi connectivity index (χ1v) is 8.61. The molecule has 0 fully saturated rings. The standard InChI is InChI=1S/C21H17FN2O3/c1-2-26-21(25)27-20-12-15-11-16(22)7-8-19(15)24(20)13-18-17-6-4-3-5-14(17)9-10-23-18/h3-12H,2,13H2,1H3. The van der Waals surface area contributed by atoms with Crippen molar-refractivity contribution >= 4 is 27.8 Å². The van der Waals surface area contributed by atoms with Crippen LogP contribution in [-0.2, 0) is 11.3 Å². The van der Waals surface area contributed by atoms with E-state index in [2.05, 4.69) is 4.98 Å². The normalized spacial score (nSPS) is 11.0. The molecule has 0 unspecified atom stereocenters. The second-order valence-electron chi connectivity index (χ2n) is 6.04. The summed E-state index contributed by atoms with van der Waals surface area (Å²) in [6.07, 6.45) is 0.947. The first-order chi connectivity index (χ1) is 13.2. The molecule has 0 amide bonds. The van der Waals surface area contributed by atoms with Crippen LogP contribution in [-0.4, -0.2) is 22.3 Å². The highest BCUT2D eigenvalue weighted by molar-refractivity contribution is 5.86. The highest BCUT2D eigenvalue weighted by Crippen LogP contribution is 2.29. The van der Waals surface area contributed by atoms with Crippen LogP contribution in [0.4, 0.5) is 9.18 Å². The van der Waals surface area contributed by atoms with Crippen LogP contribution in [0, 0.1) is 5.82 Å². The van der Waals surface area contributed by atoms with Crippen molar-refractivity contribution in [3.05, 3.63) is 72.3 Å². The van der Waals surface area contributed by atoms with E-state index in [9.17, 15) is 9.18 Å². The van der Waals surface area contributed by atoms with Gasteiger partial charge in [-0.25, -0.2) is 9.18 Å². The number of halogens is 1. The number of carbonyl (C=O) groups excluding carboxylic acids is 1. The highest BCUT2D eigenvalue weighted by atomic mass is 19.1. The van der Waals surface area contributed by atoms with E-state index in [0.717, 1.165) is 22.0 Å². The molecule has 0 N–H and O–H groups in total. The van der Waals surface area contributed by atoms with Crippen LogP contribution in [0.3, 0.4) is 0 Å². The van der Waals surface area contributed by atoms with E-state index in [1.165, 1.54) is 12.1 Å². The summed E-state index contributed by atoms with van der Waals surface area (Å²) in [6.45, 7) is 2.27. The van der Waals surface area contributed by atoms with Gasteiger partial charge < -0.3 is 14.0 Å². The van der Waals surface area contributed by atoms with Gasteiger partial charge in [0.05, 0.1) is 24.4 Å². The molecule has 6 heteroatoms. The summed E-state index contributed by atoms with van der Waals surface area (Å²) in [5.41, 5.74) is 1.56. The van der Waals surface area contributed by atoms with Gasteiger partial charge in [0.2, 0.25) is 5.88 Å². The maximum absolute atomic E-state index is 13.6. The molecule has 136 valence electrons. The summed E-state index contributed by atoms with van der Waals surface area (Å²) in [6, 6.07) is 15.9. The van der Waals surface area contributed by atoms with Crippen LogP contribution in [0.5, 0.6) is 5.88 Å². The SMILES string of the molecule is CCOC(=O)Oc1cc2cc(F)ccc2n1Cc1nccc2ccccc12. The number of hydrogen-bond donors (Lipinski definition) is 0. The minimum absolute atomic E-state index is 0.207. The molecule has 0 saturated carbocycles. The molecule has 0 bridgehead atoms. The summed E-state index contributed by atoms with van der Waals surface area (Å²) in [5.74, 6) is -0.0746. The molecular formula is C21H17FN2O3. The van der Waals surface area contributed by atoms with Crippen LogP contribution in [0.15, 0.2) is 60.8 Å². The Kier molecular flexibility index (Phi) is 4.46. The summed E-state index contributed by atoms with van der Waals surface area (Å²) < 4.78 is 25.7. The Labute approximate surface area is 155 Å². The lowest BCUT2D eigenvalue weighted by molar-refractivity contribution is 0.101. The van der Waals surface area contributed by atoms with Crippen molar-refractivity contribution in [3.63, 3.8) is 0 Å². The average Bonchev–Trinajstić information content (AvgIpc) is 2.98. The largest absolute Gasteiger partial charge is 0.515 e. The van der Waals surface area contributed by atoms with E-state index in [1.54, 1.807) is 29.8 Å². The molecule has 2 aromatic carbocycles. The fraction of sp³-hybridized carbons (Fsp3) is 0.143. The van der Waals surface area contributed by atoms with Crippen molar-refractivity contribution in [2.24, 2.45) is 0 Å². The Morgan fingerprint density at radius 2 is 1.96 bits per heavy atom. The molecule has 4 rings (SSSR count). The lowest BCUT2D eigenvalue weighted by Gasteiger charge is -2.12. The van der Waals surface area contributed by atoms with Crippen molar-refractivity contribution in [1.82, 2.24) is 9.55 Å². The van der Waals surface area contributed by atoms with E-state index >= 15 is 0 Å². The zero-order chi connectivity index (χ0) is 18.8. The van der Waals surface area contributed by atoms with E-state index < -0.39 is 6.16 Å². The lowest BCUT2D eigenvalue weighted by Crippen LogP contribution is -2.13. The fourth-order valence-corrected chi connectivity index (χ4v) is 3.15. The van der Waals surface area contributed by atoms with Crippen LogP contribution in [0.2, 0.25) is 0 Å². The average molecular weight is 364 g/mol. The van der Waals surface area contributed by atoms with E-state index in [4.69, 9.17) is 9.47 Å². The van der Waals surface area contributed by atoms with Gasteiger partial charge in [-0.05, 0) is 36.6 Å². The molecular weight excluding hydrogens is 347 g/mol. The number of benzene rings is 2. The maximum atomic E-state index is 13.6. The summed E-state index contributed by atoms with van der Waals surface area (Å²) in [5, 5.41) is 2.71. The second kappa shape index (κ2) is 7.07. The number of ether oxygens (including phenoxy) is 2. The first-order valence-electron chi connectivity index (χ1n) is 8.61. The number of pyridine rings is 1. The molecule has 0 aliphatic heterocycles. The predicted octanol–water partition coefficient (Wildman–Crippen LogP) is 4.91. The van der Waals surface area contributed by atoms with Crippen molar-refractivity contribution < 1.29 is 18.7 Å². The van der Waals surface area contributed by atoms with E-state index in [0.29, 0.717) is 11.9 Å². The monoisotopic (exact) mass is 364 g/mol. The summed E-state index contributed by atoms with van der Waals surface area (Å²) in [4.78, 5) is 16.3. The maximum Gasteiger partial charge on any atom is 0.515 e. The van der Waals surface area contributed by atoms with Crippen molar-refractivity contribution in [2.45, 2.75) is 13.5 Å². The number of rotatable bonds is 4.